The molecule has 1 fully saturated rings. The van der Waals surface area contributed by atoms with E-state index in [-0.39, 0.29) is 17.8 Å². The molecule has 1 aliphatic rings. The lowest BCUT2D eigenvalue weighted by Crippen LogP contribution is -2.36. The molecule has 2 rings (SSSR count). The van der Waals surface area contributed by atoms with E-state index in [1.807, 2.05) is 0 Å². The Morgan fingerprint density at radius 1 is 1.33 bits per heavy atom. The smallest absolute Gasteiger partial charge is 0.330 e. The topological polar surface area (TPSA) is 96.7 Å². The van der Waals surface area contributed by atoms with Crippen LogP contribution in [0, 0.1) is 5.41 Å². The van der Waals surface area contributed by atoms with Gasteiger partial charge in [-0.15, -0.1) is 5.10 Å². The van der Waals surface area contributed by atoms with Crippen LogP contribution in [0.1, 0.15) is 44.3 Å². The van der Waals surface area contributed by atoms with Crippen LogP contribution in [0.25, 0.3) is 0 Å². The van der Waals surface area contributed by atoms with E-state index in [1.54, 1.807) is 5.10 Å². The van der Waals surface area contributed by atoms with Crippen molar-refractivity contribution in [2.24, 2.45) is 11.1 Å². The van der Waals surface area contributed by atoms with Gasteiger partial charge in [0.05, 0.1) is 0 Å². The lowest BCUT2D eigenvalue weighted by molar-refractivity contribution is -0.144. The average Bonchev–Trinajstić information content (AvgIpc) is 2.88. The lowest BCUT2D eigenvalue weighted by atomic mass is 9.72. The van der Waals surface area contributed by atoms with Crippen molar-refractivity contribution in [1.29, 1.82) is 0 Å². The molecule has 1 aromatic heterocycles. The van der Waals surface area contributed by atoms with Crippen LogP contribution in [0.2, 0.25) is 0 Å². The van der Waals surface area contributed by atoms with Crippen molar-refractivity contribution < 1.29 is 18.0 Å². The van der Waals surface area contributed by atoms with Crippen LogP contribution in [0.15, 0.2) is 0 Å². The normalized spacial score (nSPS) is 18.5. The zero-order valence-corrected chi connectivity index (χ0v) is 11.5. The van der Waals surface area contributed by atoms with Crippen LogP contribution >= 0.6 is 0 Å². The number of anilines is 1. The molecule has 21 heavy (non-hydrogen) atoms. The number of carbonyl (C=O) groups is 1. The van der Waals surface area contributed by atoms with Gasteiger partial charge >= 0.3 is 6.18 Å². The van der Waals surface area contributed by atoms with E-state index >= 15 is 0 Å². The summed E-state index contributed by atoms with van der Waals surface area (Å²) >= 11 is 0. The molecule has 118 valence electrons. The highest BCUT2D eigenvalue weighted by Crippen LogP contribution is 2.38. The van der Waals surface area contributed by atoms with Crippen LogP contribution in [0.5, 0.6) is 0 Å². The molecule has 0 unspecified atom stereocenters. The number of halogens is 3. The summed E-state index contributed by atoms with van der Waals surface area (Å²) in [5, 5.41) is 7.39. The van der Waals surface area contributed by atoms with E-state index in [4.69, 9.17) is 5.73 Å². The second-order valence-corrected chi connectivity index (χ2v) is 5.50. The van der Waals surface area contributed by atoms with E-state index in [9.17, 15) is 18.0 Å². The molecule has 0 aliphatic heterocycles. The van der Waals surface area contributed by atoms with E-state index in [2.05, 4.69) is 15.4 Å². The summed E-state index contributed by atoms with van der Waals surface area (Å²) in [6, 6.07) is 0. The first-order valence-electron chi connectivity index (χ1n) is 6.84. The molecule has 0 aromatic carbocycles. The van der Waals surface area contributed by atoms with Gasteiger partial charge in [-0.1, -0.05) is 19.3 Å². The summed E-state index contributed by atoms with van der Waals surface area (Å²) in [7, 11) is 0. The number of alkyl halides is 3. The van der Waals surface area contributed by atoms with Gasteiger partial charge in [-0.05, 0) is 24.8 Å². The van der Waals surface area contributed by atoms with Crippen molar-refractivity contribution in [2.45, 2.75) is 44.7 Å². The molecular weight excluding hydrogens is 287 g/mol. The van der Waals surface area contributed by atoms with Crippen LogP contribution < -0.4 is 11.1 Å². The first-order chi connectivity index (χ1) is 9.85. The predicted molar refractivity (Wildman–Crippen MR) is 69.2 cm³/mol. The minimum atomic E-state index is -4.61. The Kier molecular flexibility index (Phi) is 4.50. The number of hydrogen-bond donors (Lipinski definition) is 3. The van der Waals surface area contributed by atoms with Crippen molar-refractivity contribution in [3.8, 4) is 0 Å². The van der Waals surface area contributed by atoms with Gasteiger partial charge in [0.1, 0.15) is 0 Å². The van der Waals surface area contributed by atoms with Crippen molar-refractivity contribution in [1.82, 2.24) is 15.2 Å². The molecule has 1 aromatic rings. The SMILES string of the molecule is NCC1(CC(=O)Nc2n[nH]c(C(F)(F)F)n2)CCCCC1. The van der Waals surface area contributed by atoms with Gasteiger partial charge in [-0.2, -0.15) is 18.2 Å². The molecule has 0 bridgehead atoms. The zero-order chi connectivity index (χ0) is 15.5. The molecule has 9 heteroatoms. The third kappa shape index (κ3) is 3.93. The summed E-state index contributed by atoms with van der Waals surface area (Å²) in [4.78, 5) is 15.2. The predicted octanol–water partition coefficient (Wildman–Crippen LogP) is 2.06. The van der Waals surface area contributed by atoms with Gasteiger partial charge in [0.2, 0.25) is 17.7 Å². The van der Waals surface area contributed by atoms with Crippen molar-refractivity contribution in [3.05, 3.63) is 5.82 Å². The average molecular weight is 305 g/mol. The molecule has 4 N–H and O–H groups in total. The van der Waals surface area contributed by atoms with Gasteiger partial charge in [-0.3, -0.25) is 15.2 Å². The maximum atomic E-state index is 12.4. The molecule has 0 saturated heterocycles. The first kappa shape index (κ1) is 15.7. The van der Waals surface area contributed by atoms with E-state index in [0.717, 1.165) is 32.1 Å². The lowest BCUT2D eigenvalue weighted by Gasteiger charge is -2.35. The summed E-state index contributed by atoms with van der Waals surface area (Å²) in [6.07, 6.45) is 0.445. The number of H-pyrrole nitrogens is 1. The van der Waals surface area contributed by atoms with Crippen LogP contribution in [-0.2, 0) is 11.0 Å². The Hall–Kier alpha value is -1.64. The van der Waals surface area contributed by atoms with Gasteiger partial charge in [0.15, 0.2) is 0 Å². The monoisotopic (exact) mass is 305 g/mol. The Morgan fingerprint density at radius 2 is 2.00 bits per heavy atom. The number of aromatic amines is 1. The molecule has 1 heterocycles. The quantitative estimate of drug-likeness (QED) is 0.793. The standard InChI is InChI=1S/C12H18F3N5O/c13-12(14,15)9-18-10(20-19-9)17-8(21)6-11(7-16)4-2-1-3-5-11/h1-7,16H2,(H2,17,18,19,20,21). The number of carbonyl (C=O) groups excluding carboxylic acids is 1. The summed E-state index contributed by atoms with van der Waals surface area (Å²) in [5.41, 5.74) is 5.52. The van der Waals surface area contributed by atoms with E-state index in [1.165, 1.54) is 0 Å². The molecule has 1 saturated carbocycles. The second kappa shape index (κ2) is 6.00. The van der Waals surface area contributed by atoms with Gasteiger partial charge in [0, 0.05) is 6.42 Å². The highest BCUT2D eigenvalue weighted by atomic mass is 19.4. The number of nitrogens with two attached hydrogens (primary N) is 1. The Labute approximate surface area is 119 Å². The number of hydrogen-bond acceptors (Lipinski definition) is 4. The number of amides is 1. The number of aromatic nitrogens is 3. The van der Waals surface area contributed by atoms with Crippen LogP contribution in [0.3, 0.4) is 0 Å². The second-order valence-electron chi connectivity index (χ2n) is 5.50. The number of rotatable bonds is 4. The Morgan fingerprint density at radius 3 is 2.52 bits per heavy atom. The van der Waals surface area contributed by atoms with Crippen molar-refractivity contribution in [3.63, 3.8) is 0 Å². The van der Waals surface area contributed by atoms with E-state index < -0.39 is 17.9 Å². The first-order valence-corrected chi connectivity index (χ1v) is 6.84. The fourth-order valence-electron chi connectivity index (χ4n) is 2.71. The van der Waals surface area contributed by atoms with Gasteiger partial charge in [0.25, 0.3) is 0 Å². The number of nitrogens with zero attached hydrogens (tertiary/aromatic N) is 2. The van der Waals surface area contributed by atoms with Crippen molar-refractivity contribution >= 4 is 11.9 Å². The highest BCUT2D eigenvalue weighted by molar-refractivity contribution is 5.89. The molecule has 0 radical (unpaired) electrons. The van der Waals surface area contributed by atoms with Crippen molar-refractivity contribution in [2.75, 3.05) is 11.9 Å². The highest BCUT2D eigenvalue weighted by Gasteiger charge is 2.36. The van der Waals surface area contributed by atoms with Crippen LogP contribution in [-0.4, -0.2) is 27.6 Å². The largest absolute Gasteiger partial charge is 0.451 e. The third-order valence-electron chi connectivity index (χ3n) is 3.89. The zero-order valence-electron chi connectivity index (χ0n) is 11.5. The van der Waals surface area contributed by atoms with Gasteiger partial charge in [-0.25, -0.2) is 0 Å². The molecule has 0 spiro atoms. The summed E-state index contributed by atoms with van der Waals surface area (Å²) in [5.74, 6) is -2.01. The van der Waals surface area contributed by atoms with Crippen LogP contribution in [0.4, 0.5) is 19.1 Å². The molecule has 1 aliphatic carbocycles. The summed E-state index contributed by atoms with van der Waals surface area (Å²) in [6.45, 7) is 0.391. The summed E-state index contributed by atoms with van der Waals surface area (Å²) < 4.78 is 37.1. The fourth-order valence-corrected chi connectivity index (χ4v) is 2.71. The maximum Gasteiger partial charge on any atom is 0.451 e. The minimum Gasteiger partial charge on any atom is -0.330 e. The molecule has 1 amide bonds. The molecular formula is C12H18F3N5O. The molecule has 6 nitrogen and oxygen atoms in total. The Bertz CT molecular complexity index is 493. The molecule has 0 atom stereocenters. The van der Waals surface area contributed by atoms with Gasteiger partial charge < -0.3 is 5.73 Å². The minimum absolute atomic E-state index is 0.180. The third-order valence-corrected chi connectivity index (χ3v) is 3.89. The Balaban J connectivity index is 1.96. The van der Waals surface area contributed by atoms with E-state index in [0.29, 0.717) is 6.54 Å². The fraction of sp³-hybridized carbons (Fsp3) is 0.750. The number of nitrogens with one attached hydrogen (secondary N) is 2. The maximum absolute atomic E-state index is 12.4.